The number of hydrogen-bond donors (Lipinski definition) is 0. The van der Waals surface area contributed by atoms with Gasteiger partial charge in [-0.1, -0.05) is 22.9 Å². The first-order valence-electron chi connectivity index (χ1n) is 7.83. The Bertz CT molecular complexity index is 965. The summed E-state index contributed by atoms with van der Waals surface area (Å²) in [4.78, 5) is 20.8. The Hall–Kier alpha value is -1.80. The van der Waals surface area contributed by atoms with Crippen LogP contribution in [0.1, 0.15) is 10.4 Å². The largest absolute Gasteiger partial charge is 0.308 e. The Balaban J connectivity index is 0.00000261. The van der Waals surface area contributed by atoms with Crippen LogP contribution in [0.4, 0.5) is 13.9 Å². The van der Waals surface area contributed by atoms with Gasteiger partial charge in [0.25, 0.3) is 5.91 Å². The minimum absolute atomic E-state index is 0. The summed E-state index contributed by atoms with van der Waals surface area (Å²) < 4.78 is 27.6. The van der Waals surface area contributed by atoms with E-state index in [0.29, 0.717) is 23.2 Å². The summed E-state index contributed by atoms with van der Waals surface area (Å²) in [6.07, 6.45) is 0. The molecule has 0 bridgehead atoms. The molecular weight excluding hydrogens is 415 g/mol. The lowest BCUT2D eigenvalue weighted by Crippen LogP contribution is -2.36. The topological polar surface area (TPSA) is 36.4 Å². The van der Waals surface area contributed by atoms with Gasteiger partial charge in [-0.25, -0.2) is 13.8 Å². The van der Waals surface area contributed by atoms with Crippen LogP contribution in [0.25, 0.3) is 10.2 Å². The van der Waals surface area contributed by atoms with Crippen molar-refractivity contribution in [1.29, 1.82) is 0 Å². The van der Waals surface area contributed by atoms with Crippen LogP contribution in [0.2, 0.25) is 5.02 Å². The number of rotatable bonds is 5. The summed E-state index contributed by atoms with van der Waals surface area (Å²) in [5.41, 5.74) is 0.794. The van der Waals surface area contributed by atoms with Crippen molar-refractivity contribution in [1.82, 2.24) is 9.88 Å². The van der Waals surface area contributed by atoms with E-state index in [9.17, 15) is 13.6 Å². The van der Waals surface area contributed by atoms with Crippen molar-refractivity contribution in [3.8, 4) is 0 Å². The van der Waals surface area contributed by atoms with Crippen LogP contribution in [-0.2, 0) is 0 Å². The molecule has 0 aliphatic rings. The monoisotopic (exact) mass is 431 g/mol. The average Bonchev–Trinajstić information content (AvgIpc) is 2.99. The predicted octanol–water partition coefficient (Wildman–Crippen LogP) is 4.86. The van der Waals surface area contributed by atoms with E-state index in [0.717, 1.165) is 22.3 Å². The van der Waals surface area contributed by atoms with Gasteiger partial charge in [-0.05, 0) is 50.5 Å². The molecule has 3 aromatic rings. The highest BCUT2D eigenvalue weighted by molar-refractivity contribution is 7.22. The minimum atomic E-state index is -1.06. The molecule has 0 saturated carbocycles. The highest BCUT2D eigenvalue weighted by atomic mass is 35.5. The first-order chi connectivity index (χ1) is 12.3. The number of fused-ring (bicyclic) bond motifs is 1. The number of benzene rings is 2. The maximum atomic E-state index is 13.5. The standard InChI is InChI=1S/C18H16ClF2N3OS.ClH/c1-23(2)7-8-24(17(25)11-3-5-13(20)14(21)9-11)18-22-15-6-4-12(19)10-16(15)26-18;/h3-6,9-10H,7-8H2,1-2H3;1H. The predicted molar refractivity (Wildman–Crippen MR) is 108 cm³/mol. The van der Waals surface area contributed by atoms with E-state index < -0.39 is 17.5 Å². The van der Waals surface area contributed by atoms with Gasteiger partial charge < -0.3 is 4.90 Å². The van der Waals surface area contributed by atoms with Crippen molar-refractivity contribution >= 4 is 56.6 Å². The van der Waals surface area contributed by atoms with Crippen molar-refractivity contribution in [2.75, 3.05) is 32.1 Å². The summed E-state index contributed by atoms with van der Waals surface area (Å²) in [6, 6.07) is 8.42. The second-order valence-electron chi connectivity index (χ2n) is 6.00. The normalized spacial score (nSPS) is 10.9. The van der Waals surface area contributed by atoms with Crippen molar-refractivity contribution in [3.05, 3.63) is 58.6 Å². The number of thiazole rings is 1. The molecule has 1 heterocycles. The summed E-state index contributed by atoms with van der Waals surface area (Å²) in [7, 11) is 3.77. The number of likely N-dealkylation sites (N-methyl/N-ethyl adjacent to an activating group) is 1. The molecule has 0 fully saturated rings. The zero-order valence-electron chi connectivity index (χ0n) is 14.6. The molecule has 3 rings (SSSR count). The van der Waals surface area contributed by atoms with Gasteiger partial charge in [-0.3, -0.25) is 9.69 Å². The Morgan fingerprint density at radius 3 is 2.52 bits per heavy atom. The first-order valence-corrected chi connectivity index (χ1v) is 9.02. The minimum Gasteiger partial charge on any atom is -0.308 e. The average molecular weight is 432 g/mol. The fraction of sp³-hybridized carbons (Fsp3) is 0.222. The third-order valence-corrected chi connectivity index (χ3v) is 5.03. The van der Waals surface area contributed by atoms with Crippen molar-refractivity contribution < 1.29 is 13.6 Å². The number of carbonyl (C=O) groups is 1. The highest BCUT2D eigenvalue weighted by Crippen LogP contribution is 2.31. The van der Waals surface area contributed by atoms with Gasteiger partial charge in [0.05, 0.1) is 10.2 Å². The molecular formula is C18H17Cl2F2N3OS. The number of halogens is 4. The van der Waals surface area contributed by atoms with Gasteiger partial charge in [-0.15, -0.1) is 12.4 Å². The van der Waals surface area contributed by atoms with E-state index in [-0.39, 0.29) is 18.0 Å². The fourth-order valence-corrected chi connectivity index (χ4v) is 3.64. The molecule has 0 spiro atoms. The molecule has 27 heavy (non-hydrogen) atoms. The van der Waals surface area contributed by atoms with Gasteiger partial charge in [0.1, 0.15) is 0 Å². The summed E-state index contributed by atoms with van der Waals surface area (Å²) in [5.74, 6) is -2.48. The third kappa shape index (κ3) is 4.93. The maximum Gasteiger partial charge on any atom is 0.260 e. The Kier molecular flexibility index (Phi) is 7.11. The lowest BCUT2D eigenvalue weighted by Gasteiger charge is -2.22. The SMILES string of the molecule is CN(C)CCN(C(=O)c1ccc(F)c(F)c1)c1nc2ccc(Cl)cc2s1.Cl. The van der Waals surface area contributed by atoms with Gasteiger partial charge in [-0.2, -0.15) is 0 Å². The summed E-state index contributed by atoms with van der Waals surface area (Å²) in [5, 5.41) is 1.07. The fourth-order valence-electron chi connectivity index (χ4n) is 2.37. The molecule has 2 aromatic carbocycles. The third-order valence-electron chi connectivity index (χ3n) is 3.75. The van der Waals surface area contributed by atoms with Crippen LogP contribution in [-0.4, -0.2) is 43.0 Å². The second-order valence-corrected chi connectivity index (χ2v) is 7.44. The lowest BCUT2D eigenvalue weighted by molar-refractivity contribution is 0.0984. The van der Waals surface area contributed by atoms with Crippen molar-refractivity contribution in [3.63, 3.8) is 0 Å². The summed E-state index contributed by atoms with van der Waals surface area (Å²) in [6.45, 7) is 0.949. The molecule has 0 saturated heterocycles. The number of anilines is 1. The molecule has 0 aliphatic heterocycles. The van der Waals surface area contributed by atoms with E-state index in [1.807, 2.05) is 19.0 Å². The van der Waals surface area contributed by atoms with Crippen molar-refractivity contribution in [2.45, 2.75) is 0 Å². The van der Waals surface area contributed by atoms with Gasteiger partial charge in [0, 0.05) is 23.7 Å². The summed E-state index contributed by atoms with van der Waals surface area (Å²) >= 11 is 7.34. The molecule has 0 atom stereocenters. The van der Waals surface area contributed by atoms with E-state index in [1.165, 1.54) is 22.3 Å². The van der Waals surface area contributed by atoms with E-state index >= 15 is 0 Å². The number of hydrogen-bond acceptors (Lipinski definition) is 4. The molecule has 9 heteroatoms. The molecule has 1 amide bonds. The zero-order valence-corrected chi connectivity index (χ0v) is 17.0. The quantitative estimate of drug-likeness (QED) is 0.578. The number of nitrogens with zero attached hydrogens (tertiary/aromatic N) is 3. The first kappa shape index (κ1) is 21.5. The molecule has 4 nitrogen and oxygen atoms in total. The Labute approximate surface area is 170 Å². The van der Waals surface area contributed by atoms with E-state index in [2.05, 4.69) is 4.98 Å². The van der Waals surface area contributed by atoms with Crippen LogP contribution in [0.15, 0.2) is 36.4 Å². The highest BCUT2D eigenvalue weighted by Gasteiger charge is 2.22. The Morgan fingerprint density at radius 2 is 1.85 bits per heavy atom. The van der Waals surface area contributed by atoms with Gasteiger partial charge in [0.2, 0.25) is 0 Å². The number of amides is 1. The zero-order chi connectivity index (χ0) is 18.8. The molecule has 0 N–H and O–H groups in total. The second kappa shape index (κ2) is 8.93. The molecule has 144 valence electrons. The lowest BCUT2D eigenvalue weighted by atomic mass is 10.2. The van der Waals surface area contributed by atoms with Crippen LogP contribution in [0.3, 0.4) is 0 Å². The maximum absolute atomic E-state index is 13.5. The van der Waals surface area contributed by atoms with Crippen molar-refractivity contribution in [2.24, 2.45) is 0 Å². The van der Waals surface area contributed by atoms with Crippen LogP contribution in [0, 0.1) is 11.6 Å². The van der Waals surface area contributed by atoms with Crippen LogP contribution in [0.5, 0.6) is 0 Å². The molecule has 0 aliphatic carbocycles. The number of carbonyl (C=O) groups excluding carboxylic acids is 1. The molecule has 0 radical (unpaired) electrons. The number of aromatic nitrogens is 1. The van der Waals surface area contributed by atoms with Gasteiger partial charge >= 0.3 is 0 Å². The van der Waals surface area contributed by atoms with E-state index in [1.54, 1.807) is 18.2 Å². The Morgan fingerprint density at radius 1 is 1.11 bits per heavy atom. The molecule has 1 aromatic heterocycles. The van der Waals surface area contributed by atoms with Crippen LogP contribution < -0.4 is 4.90 Å². The van der Waals surface area contributed by atoms with E-state index in [4.69, 9.17) is 11.6 Å². The van der Waals surface area contributed by atoms with Crippen LogP contribution >= 0.6 is 35.3 Å². The molecule has 0 unspecified atom stereocenters. The van der Waals surface area contributed by atoms with Gasteiger partial charge in [0.15, 0.2) is 16.8 Å². The smallest absolute Gasteiger partial charge is 0.260 e.